The molecule has 0 saturated heterocycles. The summed E-state index contributed by atoms with van der Waals surface area (Å²) in [4.78, 5) is 13.7. The Kier molecular flexibility index (Phi) is 2.59. The molecule has 0 saturated carbocycles. The van der Waals surface area contributed by atoms with Gasteiger partial charge in [-0.1, -0.05) is 6.07 Å². The van der Waals surface area contributed by atoms with E-state index < -0.39 is 18.0 Å². The van der Waals surface area contributed by atoms with Gasteiger partial charge in [0, 0.05) is 6.21 Å². The first-order valence-electron chi connectivity index (χ1n) is 4.29. The molecule has 3 nitrogen and oxygen atoms in total. The summed E-state index contributed by atoms with van der Waals surface area (Å²) < 4.78 is 43.5. The lowest BCUT2D eigenvalue weighted by atomic mass is 10.2. The standard InChI is InChI=1S/C9H6F3NO2S/c10-9(11,12)8(7-2-1-3-16-7)13-4-6(5-14)15-8/h1-6H. The van der Waals surface area contributed by atoms with Crippen LogP contribution >= 0.6 is 11.3 Å². The van der Waals surface area contributed by atoms with Crippen molar-refractivity contribution in [1.82, 2.24) is 0 Å². The smallest absolute Gasteiger partial charge is 0.325 e. The van der Waals surface area contributed by atoms with Crippen molar-refractivity contribution in [2.45, 2.75) is 18.0 Å². The molecule has 0 aromatic carbocycles. The average Bonchev–Trinajstić information content (AvgIpc) is 2.86. The number of hydrogen-bond donors (Lipinski definition) is 0. The fourth-order valence-electron chi connectivity index (χ4n) is 1.37. The van der Waals surface area contributed by atoms with Gasteiger partial charge in [-0.2, -0.15) is 13.2 Å². The first-order valence-corrected chi connectivity index (χ1v) is 5.17. The Bertz CT molecular complexity index is 415. The highest BCUT2D eigenvalue weighted by Gasteiger charge is 2.61. The number of carbonyl (C=O) groups is 1. The van der Waals surface area contributed by atoms with E-state index in [9.17, 15) is 18.0 Å². The lowest BCUT2D eigenvalue weighted by Gasteiger charge is -2.27. The number of nitrogens with zero attached hydrogens (tertiary/aromatic N) is 1. The van der Waals surface area contributed by atoms with Gasteiger partial charge < -0.3 is 9.53 Å². The summed E-state index contributed by atoms with van der Waals surface area (Å²) >= 11 is 0.884. The highest BCUT2D eigenvalue weighted by molar-refractivity contribution is 7.10. The van der Waals surface area contributed by atoms with Crippen molar-refractivity contribution >= 4 is 23.8 Å². The molecule has 0 N–H and O–H groups in total. The lowest BCUT2D eigenvalue weighted by Crippen LogP contribution is -2.41. The van der Waals surface area contributed by atoms with Gasteiger partial charge in [-0.15, -0.1) is 11.3 Å². The molecule has 2 rings (SSSR count). The quantitative estimate of drug-likeness (QED) is 0.753. The van der Waals surface area contributed by atoms with Gasteiger partial charge in [0.2, 0.25) is 0 Å². The summed E-state index contributed by atoms with van der Waals surface area (Å²) in [7, 11) is 0. The molecule has 0 radical (unpaired) electrons. The van der Waals surface area contributed by atoms with Gasteiger partial charge >= 0.3 is 6.18 Å². The first kappa shape index (κ1) is 11.3. The predicted octanol–water partition coefficient (Wildman–Crippen LogP) is 2.13. The number of rotatable bonds is 2. The lowest BCUT2D eigenvalue weighted by molar-refractivity contribution is -0.275. The van der Waals surface area contributed by atoms with E-state index in [-0.39, 0.29) is 11.2 Å². The minimum Gasteiger partial charge on any atom is -0.325 e. The Hall–Kier alpha value is -1.21. The van der Waals surface area contributed by atoms with Gasteiger partial charge in [-0.3, -0.25) is 0 Å². The maximum absolute atomic E-state index is 12.9. The van der Waals surface area contributed by atoms with E-state index in [4.69, 9.17) is 4.74 Å². The van der Waals surface area contributed by atoms with Crippen molar-refractivity contribution in [3.05, 3.63) is 22.4 Å². The molecule has 0 aliphatic carbocycles. The first-order chi connectivity index (χ1) is 7.49. The molecule has 1 aromatic heterocycles. The summed E-state index contributed by atoms with van der Waals surface area (Å²) in [5, 5.41) is 1.50. The van der Waals surface area contributed by atoms with Crippen LogP contribution in [0.4, 0.5) is 13.2 Å². The number of thiophene rings is 1. The van der Waals surface area contributed by atoms with Crippen LogP contribution in [0.2, 0.25) is 0 Å². The van der Waals surface area contributed by atoms with Crippen LogP contribution < -0.4 is 0 Å². The molecule has 2 unspecified atom stereocenters. The summed E-state index contributed by atoms with van der Waals surface area (Å²) in [5.74, 6) is 0. The highest BCUT2D eigenvalue weighted by Crippen LogP contribution is 2.47. The van der Waals surface area contributed by atoms with E-state index in [0.717, 1.165) is 17.6 Å². The summed E-state index contributed by atoms with van der Waals surface area (Å²) in [6.07, 6.45) is -4.78. The van der Waals surface area contributed by atoms with Crippen molar-refractivity contribution in [1.29, 1.82) is 0 Å². The van der Waals surface area contributed by atoms with Crippen LogP contribution in [0.5, 0.6) is 0 Å². The normalized spacial score (nSPS) is 29.6. The second-order valence-corrected chi connectivity index (χ2v) is 4.06. The van der Waals surface area contributed by atoms with Crippen LogP contribution in [0.3, 0.4) is 0 Å². The topological polar surface area (TPSA) is 38.7 Å². The summed E-state index contributed by atoms with van der Waals surface area (Å²) in [5.41, 5.74) is -2.72. The molecule has 0 bridgehead atoms. The number of ether oxygens (including phenoxy) is 1. The molecule has 1 aliphatic heterocycles. The van der Waals surface area contributed by atoms with E-state index >= 15 is 0 Å². The molecule has 0 amide bonds. The maximum atomic E-state index is 12.9. The Morgan fingerprint density at radius 1 is 1.56 bits per heavy atom. The molecular formula is C9H6F3NO2S. The molecule has 0 spiro atoms. The molecular weight excluding hydrogens is 243 g/mol. The number of aliphatic imine (C=N–C) groups is 1. The Labute approximate surface area is 92.6 Å². The Morgan fingerprint density at radius 3 is 2.75 bits per heavy atom. The maximum Gasteiger partial charge on any atom is 0.444 e. The van der Waals surface area contributed by atoms with E-state index in [1.807, 2.05) is 0 Å². The molecule has 2 heterocycles. The predicted molar refractivity (Wildman–Crippen MR) is 51.5 cm³/mol. The van der Waals surface area contributed by atoms with Crippen LogP contribution in [0.15, 0.2) is 22.5 Å². The zero-order valence-corrected chi connectivity index (χ0v) is 8.59. The Balaban J connectivity index is 2.45. The van der Waals surface area contributed by atoms with Crippen LogP contribution in [0, 0.1) is 0 Å². The third kappa shape index (κ3) is 1.56. The second kappa shape index (κ2) is 3.67. The summed E-state index contributed by atoms with van der Waals surface area (Å²) in [6, 6.07) is 2.75. The molecule has 16 heavy (non-hydrogen) atoms. The molecule has 1 aliphatic rings. The monoisotopic (exact) mass is 249 g/mol. The zero-order chi connectivity index (χ0) is 11.8. The van der Waals surface area contributed by atoms with E-state index in [1.165, 1.54) is 17.5 Å². The molecule has 2 atom stereocenters. The SMILES string of the molecule is O=CC1C=NC(c2cccs2)(C(F)(F)F)O1. The highest BCUT2D eigenvalue weighted by atomic mass is 32.1. The molecule has 7 heteroatoms. The van der Waals surface area contributed by atoms with E-state index in [2.05, 4.69) is 4.99 Å². The summed E-state index contributed by atoms with van der Waals surface area (Å²) in [6.45, 7) is 0. The molecule has 0 fully saturated rings. The third-order valence-electron chi connectivity index (χ3n) is 2.08. The molecule has 1 aromatic rings. The van der Waals surface area contributed by atoms with Gasteiger partial charge in [-0.25, -0.2) is 4.99 Å². The average molecular weight is 249 g/mol. The number of hydrogen-bond acceptors (Lipinski definition) is 4. The Morgan fingerprint density at radius 2 is 2.31 bits per heavy atom. The van der Waals surface area contributed by atoms with Gasteiger partial charge in [-0.05, 0) is 11.4 Å². The van der Waals surface area contributed by atoms with Crippen molar-refractivity contribution in [2.75, 3.05) is 0 Å². The minimum atomic E-state index is -4.69. The van der Waals surface area contributed by atoms with Crippen molar-refractivity contribution in [3.63, 3.8) is 0 Å². The van der Waals surface area contributed by atoms with Gasteiger partial charge in [0.25, 0.3) is 5.72 Å². The number of aldehydes is 1. The van der Waals surface area contributed by atoms with Crippen molar-refractivity contribution in [3.8, 4) is 0 Å². The number of halogens is 3. The number of alkyl halides is 3. The largest absolute Gasteiger partial charge is 0.444 e. The van der Waals surface area contributed by atoms with Crippen molar-refractivity contribution < 1.29 is 22.7 Å². The second-order valence-electron chi connectivity index (χ2n) is 3.12. The van der Waals surface area contributed by atoms with Crippen LogP contribution in [0.1, 0.15) is 4.88 Å². The van der Waals surface area contributed by atoms with Gasteiger partial charge in [0.15, 0.2) is 12.4 Å². The fourth-order valence-corrected chi connectivity index (χ4v) is 2.21. The van der Waals surface area contributed by atoms with Gasteiger partial charge in [0.05, 0.1) is 4.88 Å². The zero-order valence-electron chi connectivity index (χ0n) is 7.77. The third-order valence-corrected chi connectivity index (χ3v) is 3.04. The van der Waals surface area contributed by atoms with Gasteiger partial charge in [0.1, 0.15) is 0 Å². The van der Waals surface area contributed by atoms with Crippen LogP contribution in [-0.2, 0) is 15.3 Å². The molecule has 86 valence electrons. The van der Waals surface area contributed by atoms with E-state index in [1.54, 1.807) is 0 Å². The minimum absolute atomic E-state index is 0.0828. The number of carbonyl (C=O) groups excluding carboxylic acids is 1. The van der Waals surface area contributed by atoms with Crippen molar-refractivity contribution in [2.24, 2.45) is 4.99 Å². The van der Waals surface area contributed by atoms with Crippen LogP contribution in [0.25, 0.3) is 0 Å². The van der Waals surface area contributed by atoms with E-state index in [0.29, 0.717) is 0 Å². The van der Waals surface area contributed by atoms with Crippen LogP contribution in [-0.4, -0.2) is 24.8 Å². The fraction of sp³-hybridized carbons (Fsp3) is 0.333.